The third kappa shape index (κ3) is 2.58. The van der Waals surface area contributed by atoms with Gasteiger partial charge in [-0.1, -0.05) is 19.9 Å². The molecule has 0 aliphatic carbocycles. The summed E-state index contributed by atoms with van der Waals surface area (Å²) < 4.78 is 11.7. The molecule has 0 N–H and O–H groups in total. The minimum Gasteiger partial charge on any atom is -0.350 e. The Balaban J connectivity index is 2.56. The number of hydrogen-bond donors (Lipinski definition) is 0. The van der Waals surface area contributed by atoms with Gasteiger partial charge in [0.1, 0.15) is 0 Å². The molecule has 82 valence electrons. The molecule has 1 saturated heterocycles. The van der Waals surface area contributed by atoms with Crippen LogP contribution in [-0.2, 0) is 9.47 Å². The molecule has 1 aliphatic rings. The Labute approximate surface area is 87.3 Å². The first-order valence-electron chi connectivity index (χ1n) is 5.32. The van der Waals surface area contributed by atoms with Gasteiger partial charge in [-0.2, -0.15) is 0 Å². The molecule has 1 rings (SSSR count). The second kappa shape index (κ2) is 4.03. The zero-order chi connectivity index (χ0) is 10.8. The maximum atomic E-state index is 5.92. The summed E-state index contributed by atoms with van der Waals surface area (Å²) in [5, 5.41) is 0. The first-order valence-corrected chi connectivity index (χ1v) is 5.32. The standard InChI is InChI=1S/C12H22O2/c1-6-7-8-12(5)13-9-11(3,4)10(2)14-12/h6,10H,1,7-9H2,2-5H3/t10-,12+/m0/s1. The van der Waals surface area contributed by atoms with Gasteiger partial charge in [0.2, 0.25) is 0 Å². The van der Waals surface area contributed by atoms with Crippen molar-refractivity contribution in [3.63, 3.8) is 0 Å². The predicted octanol–water partition coefficient (Wildman–Crippen LogP) is 3.13. The van der Waals surface area contributed by atoms with Crippen LogP contribution in [0, 0.1) is 5.41 Å². The van der Waals surface area contributed by atoms with Crippen molar-refractivity contribution < 1.29 is 9.47 Å². The van der Waals surface area contributed by atoms with E-state index in [2.05, 4.69) is 27.4 Å². The minimum atomic E-state index is -0.414. The Hall–Kier alpha value is -0.340. The molecular formula is C12H22O2. The molecule has 0 aromatic rings. The van der Waals surface area contributed by atoms with Crippen molar-refractivity contribution in [2.24, 2.45) is 5.41 Å². The Morgan fingerprint density at radius 1 is 1.43 bits per heavy atom. The van der Waals surface area contributed by atoms with E-state index in [9.17, 15) is 0 Å². The van der Waals surface area contributed by atoms with Crippen LogP contribution in [0.2, 0.25) is 0 Å². The highest BCUT2D eigenvalue weighted by atomic mass is 16.7. The van der Waals surface area contributed by atoms with Crippen molar-refractivity contribution in [1.29, 1.82) is 0 Å². The van der Waals surface area contributed by atoms with Gasteiger partial charge in [-0.15, -0.1) is 6.58 Å². The van der Waals surface area contributed by atoms with Crippen molar-refractivity contribution >= 4 is 0 Å². The summed E-state index contributed by atoms with van der Waals surface area (Å²) in [4.78, 5) is 0. The van der Waals surface area contributed by atoms with Crippen LogP contribution in [0.25, 0.3) is 0 Å². The molecule has 2 heteroatoms. The molecule has 1 aliphatic heterocycles. The molecule has 14 heavy (non-hydrogen) atoms. The van der Waals surface area contributed by atoms with E-state index in [1.165, 1.54) is 0 Å². The maximum absolute atomic E-state index is 5.92. The molecule has 0 aromatic carbocycles. The van der Waals surface area contributed by atoms with Gasteiger partial charge in [-0.05, 0) is 20.3 Å². The third-order valence-electron chi connectivity index (χ3n) is 3.08. The van der Waals surface area contributed by atoms with Crippen LogP contribution >= 0.6 is 0 Å². The largest absolute Gasteiger partial charge is 0.350 e. The summed E-state index contributed by atoms with van der Waals surface area (Å²) in [6.07, 6.45) is 3.97. The van der Waals surface area contributed by atoms with Crippen molar-refractivity contribution in [2.45, 2.75) is 52.4 Å². The minimum absolute atomic E-state index is 0.119. The summed E-state index contributed by atoms with van der Waals surface area (Å²) in [5.41, 5.74) is 0.119. The first kappa shape index (κ1) is 11.7. The Morgan fingerprint density at radius 2 is 2.07 bits per heavy atom. The van der Waals surface area contributed by atoms with Gasteiger partial charge in [-0.25, -0.2) is 0 Å². The zero-order valence-electron chi connectivity index (χ0n) is 9.80. The third-order valence-corrected chi connectivity index (χ3v) is 3.08. The highest BCUT2D eigenvalue weighted by molar-refractivity contribution is 4.84. The van der Waals surface area contributed by atoms with Crippen LogP contribution in [0.3, 0.4) is 0 Å². The van der Waals surface area contributed by atoms with Crippen molar-refractivity contribution in [2.75, 3.05) is 6.61 Å². The van der Waals surface area contributed by atoms with Crippen LogP contribution in [0.5, 0.6) is 0 Å². The lowest BCUT2D eigenvalue weighted by Crippen LogP contribution is -2.50. The highest BCUT2D eigenvalue weighted by Gasteiger charge is 2.41. The summed E-state index contributed by atoms with van der Waals surface area (Å²) in [5.74, 6) is -0.414. The summed E-state index contributed by atoms with van der Waals surface area (Å²) in [6.45, 7) is 13.0. The average Bonchev–Trinajstić information content (AvgIpc) is 2.10. The molecule has 1 fully saturated rings. The molecule has 0 aromatic heterocycles. The first-order chi connectivity index (χ1) is 6.40. The van der Waals surface area contributed by atoms with Gasteiger partial charge >= 0.3 is 0 Å². The van der Waals surface area contributed by atoms with Gasteiger partial charge in [0.15, 0.2) is 5.79 Å². The fourth-order valence-corrected chi connectivity index (χ4v) is 1.52. The lowest BCUT2D eigenvalue weighted by Gasteiger charge is -2.46. The summed E-state index contributed by atoms with van der Waals surface area (Å²) >= 11 is 0. The molecule has 1 heterocycles. The molecule has 0 amide bonds. The molecule has 0 bridgehead atoms. The predicted molar refractivity (Wildman–Crippen MR) is 58.1 cm³/mol. The van der Waals surface area contributed by atoms with Crippen molar-refractivity contribution in [1.82, 2.24) is 0 Å². The average molecular weight is 198 g/mol. The normalized spacial score (nSPS) is 36.7. The van der Waals surface area contributed by atoms with Gasteiger partial charge in [-0.3, -0.25) is 0 Å². The van der Waals surface area contributed by atoms with Crippen molar-refractivity contribution in [3.8, 4) is 0 Å². The van der Waals surface area contributed by atoms with E-state index >= 15 is 0 Å². The van der Waals surface area contributed by atoms with E-state index in [1.54, 1.807) is 0 Å². The van der Waals surface area contributed by atoms with Crippen LogP contribution in [0.4, 0.5) is 0 Å². The van der Waals surface area contributed by atoms with E-state index < -0.39 is 5.79 Å². The van der Waals surface area contributed by atoms with E-state index in [0.717, 1.165) is 19.4 Å². The number of ether oxygens (including phenoxy) is 2. The second-order valence-corrected chi connectivity index (χ2v) is 5.00. The van der Waals surface area contributed by atoms with E-state index in [4.69, 9.17) is 9.47 Å². The zero-order valence-corrected chi connectivity index (χ0v) is 9.80. The van der Waals surface area contributed by atoms with Gasteiger partial charge < -0.3 is 9.47 Å². The Bertz CT molecular complexity index is 210. The lowest BCUT2D eigenvalue weighted by molar-refractivity contribution is -0.318. The van der Waals surface area contributed by atoms with E-state index in [0.29, 0.717) is 0 Å². The quantitative estimate of drug-likeness (QED) is 0.649. The van der Waals surface area contributed by atoms with Crippen LogP contribution in [0.1, 0.15) is 40.5 Å². The van der Waals surface area contributed by atoms with Crippen LogP contribution in [0.15, 0.2) is 12.7 Å². The topological polar surface area (TPSA) is 18.5 Å². The Kier molecular flexibility index (Phi) is 3.38. The fourth-order valence-electron chi connectivity index (χ4n) is 1.52. The van der Waals surface area contributed by atoms with Gasteiger partial charge in [0.25, 0.3) is 0 Å². The maximum Gasteiger partial charge on any atom is 0.166 e. The monoisotopic (exact) mass is 198 g/mol. The highest BCUT2D eigenvalue weighted by Crippen LogP contribution is 2.36. The molecule has 0 radical (unpaired) electrons. The van der Waals surface area contributed by atoms with Crippen LogP contribution < -0.4 is 0 Å². The number of hydrogen-bond acceptors (Lipinski definition) is 2. The number of rotatable bonds is 3. The number of allylic oxidation sites excluding steroid dienone is 1. The molecule has 2 nitrogen and oxygen atoms in total. The summed E-state index contributed by atoms with van der Waals surface area (Å²) in [7, 11) is 0. The molecule has 2 atom stereocenters. The summed E-state index contributed by atoms with van der Waals surface area (Å²) in [6, 6.07) is 0. The second-order valence-electron chi connectivity index (χ2n) is 5.00. The molecular weight excluding hydrogens is 176 g/mol. The van der Waals surface area contributed by atoms with E-state index in [1.807, 2.05) is 13.0 Å². The van der Waals surface area contributed by atoms with Crippen LogP contribution in [-0.4, -0.2) is 18.5 Å². The SMILES string of the molecule is C=CCC[C@]1(C)OCC(C)(C)[C@H](C)O1. The Morgan fingerprint density at radius 3 is 2.57 bits per heavy atom. The van der Waals surface area contributed by atoms with Crippen molar-refractivity contribution in [3.05, 3.63) is 12.7 Å². The van der Waals surface area contributed by atoms with Gasteiger partial charge in [0.05, 0.1) is 12.7 Å². The molecule has 0 saturated carbocycles. The van der Waals surface area contributed by atoms with E-state index in [-0.39, 0.29) is 11.5 Å². The van der Waals surface area contributed by atoms with Gasteiger partial charge in [0, 0.05) is 11.8 Å². The fraction of sp³-hybridized carbons (Fsp3) is 0.833. The molecule has 0 spiro atoms. The lowest BCUT2D eigenvalue weighted by atomic mass is 9.87. The smallest absolute Gasteiger partial charge is 0.166 e. The molecule has 0 unspecified atom stereocenters.